The molecule has 0 spiro atoms. The summed E-state index contributed by atoms with van der Waals surface area (Å²) >= 11 is 5.80. The Hall–Kier alpha value is -1.99. The van der Waals surface area contributed by atoms with E-state index in [1.165, 1.54) is 0 Å². The third-order valence-electron chi connectivity index (χ3n) is 2.13. The van der Waals surface area contributed by atoms with Crippen molar-refractivity contribution >= 4 is 28.2 Å². The lowest BCUT2D eigenvalue weighted by Crippen LogP contribution is -2.13. The topological polar surface area (TPSA) is 82.7 Å². The van der Waals surface area contributed by atoms with Gasteiger partial charge in [-0.1, -0.05) is 11.6 Å². The quantitative estimate of drug-likeness (QED) is 0.707. The number of nitriles is 1. The molecule has 5 heteroatoms. The van der Waals surface area contributed by atoms with Crippen LogP contribution in [-0.2, 0) is 0 Å². The highest BCUT2D eigenvalue weighted by Gasteiger charge is 2.09. The first-order valence-corrected chi connectivity index (χ1v) is 4.52. The van der Waals surface area contributed by atoms with Crippen molar-refractivity contribution in [1.82, 2.24) is 4.98 Å². The summed E-state index contributed by atoms with van der Waals surface area (Å²) < 4.78 is 0. The number of pyridine rings is 1. The predicted octanol–water partition coefficient (Wildman–Crippen LogP) is 1.64. The lowest BCUT2D eigenvalue weighted by atomic mass is 10.1. The Morgan fingerprint density at radius 3 is 2.87 bits per heavy atom. The maximum atomic E-state index is 11.4. The number of hydrogen-bond acceptors (Lipinski definition) is 3. The van der Waals surface area contributed by atoms with Crippen LogP contribution in [0.5, 0.6) is 0 Å². The lowest BCUT2D eigenvalue weighted by Gasteiger charge is -2.03. The number of fused-ring (bicyclic) bond motifs is 1. The number of aromatic nitrogens is 1. The number of hydrogen-bond donors (Lipinski definition) is 2. The Morgan fingerprint density at radius 1 is 1.47 bits per heavy atom. The SMILES string of the molecule is N#Cc1c(N)c2cc(Cl)ccc2[nH]c1=O. The highest BCUT2D eigenvalue weighted by molar-refractivity contribution is 6.31. The van der Waals surface area contributed by atoms with Crippen LogP contribution in [0.4, 0.5) is 5.69 Å². The Morgan fingerprint density at radius 2 is 2.20 bits per heavy atom. The third kappa shape index (κ3) is 1.43. The summed E-state index contributed by atoms with van der Waals surface area (Å²) in [7, 11) is 0. The first kappa shape index (κ1) is 9.56. The molecule has 0 unspecified atom stereocenters. The average Bonchev–Trinajstić information content (AvgIpc) is 2.20. The number of halogens is 1. The minimum absolute atomic E-state index is 0.0789. The molecule has 0 saturated carbocycles. The normalized spacial score (nSPS) is 10.1. The van der Waals surface area contributed by atoms with E-state index in [-0.39, 0.29) is 11.3 Å². The van der Waals surface area contributed by atoms with Gasteiger partial charge in [-0.3, -0.25) is 4.79 Å². The van der Waals surface area contributed by atoms with E-state index in [4.69, 9.17) is 22.6 Å². The number of H-pyrrole nitrogens is 1. The number of nitrogens with one attached hydrogen (secondary N) is 1. The molecule has 0 atom stereocenters. The predicted molar refractivity (Wildman–Crippen MR) is 58.7 cm³/mol. The van der Waals surface area contributed by atoms with Crippen LogP contribution in [0.2, 0.25) is 5.02 Å². The van der Waals surface area contributed by atoms with Gasteiger partial charge >= 0.3 is 0 Å². The van der Waals surface area contributed by atoms with Gasteiger partial charge in [0.15, 0.2) is 0 Å². The Labute approximate surface area is 89.9 Å². The molecule has 0 amide bonds. The molecule has 15 heavy (non-hydrogen) atoms. The maximum Gasteiger partial charge on any atom is 0.268 e. The molecule has 0 saturated heterocycles. The molecule has 1 heterocycles. The molecule has 4 nitrogen and oxygen atoms in total. The van der Waals surface area contributed by atoms with E-state index in [0.717, 1.165) is 0 Å². The number of aromatic amines is 1. The second kappa shape index (κ2) is 3.30. The molecular formula is C10H6ClN3O. The van der Waals surface area contributed by atoms with Crippen LogP contribution in [0.25, 0.3) is 10.9 Å². The highest BCUT2D eigenvalue weighted by atomic mass is 35.5. The summed E-state index contributed by atoms with van der Waals surface area (Å²) in [6.45, 7) is 0. The Kier molecular flexibility index (Phi) is 2.10. The first-order valence-electron chi connectivity index (χ1n) is 4.14. The number of rotatable bonds is 0. The second-order valence-corrected chi connectivity index (χ2v) is 3.48. The smallest absolute Gasteiger partial charge is 0.268 e. The zero-order chi connectivity index (χ0) is 11.0. The van der Waals surface area contributed by atoms with Crippen molar-refractivity contribution in [3.63, 3.8) is 0 Å². The molecule has 1 aromatic carbocycles. The van der Waals surface area contributed by atoms with E-state index in [1.54, 1.807) is 24.3 Å². The van der Waals surface area contributed by atoms with Gasteiger partial charge in [0.1, 0.15) is 11.6 Å². The summed E-state index contributed by atoms with van der Waals surface area (Å²) in [5, 5.41) is 9.83. The van der Waals surface area contributed by atoms with Crippen LogP contribution in [0.3, 0.4) is 0 Å². The lowest BCUT2D eigenvalue weighted by molar-refractivity contribution is 1.28. The van der Waals surface area contributed by atoms with E-state index in [0.29, 0.717) is 15.9 Å². The molecule has 0 aliphatic carbocycles. The summed E-state index contributed by atoms with van der Waals surface area (Å²) in [6.07, 6.45) is 0. The first-order chi connectivity index (χ1) is 7.13. The minimum atomic E-state index is -0.482. The van der Waals surface area contributed by atoms with Crippen molar-refractivity contribution in [2.24, 2.45) is 0 Å². The van der Waals surface area contributed by atoms with Crippen LogP contribution in [0.15, 0.2) is 23.0 Å². The zero-order valence-corrected chi connectivity index (χ0v) is 8.30. The van der Waals surface area contributed by atoms with E-state index in [9.17, 15) is 4.79 Å². The van der Waals surface area contributed by atoms with Crippen molar-refractivity contribution in [3.05, 3.63) is 39.1 Å². The number of benzene rings is 1. The molecule has 0 fully saturated rings. The van der Waals surface area contributed by atoms with Crippen molar-refractivity contribution in [3.8, 4) is 6.07 Å². The molecule has 0 radical (unpaired) electrons. The number of nitrogens with two attached hydrogens (primary N) is 1. The van der Waals surface area contributed by atoms with Crippen LogP contribution in [-0.4, -0.2) is 4.98 Å². The van der Waals surface area contributed by atoms with Gasteiger partial charge in [0.25, 0.3) is 5.56 Å². The second-order valence-electron chi connectivity index (χ2n) is 3.04. The molecule has 2 rings (SSSR count). The largest absolute Gasteiger partial charge is 0.397 e. The molecule has 1 aromatic heterocycles. The molecule has 2 aromatic rings. The van der Waals surface area contributed by atoms with Gasteiger partial charge in [-0.2, -0.15) is 5.26 Å². The van der Waals surface area contributed by atoms with Gasteiger partial charge in [0.2, 0.25) is 0 Å². The van der Waals surface area contributed by atoms with Gasteiger partial charge in [-0.05, 0) is 18.2 Å². The molecule has 0 aliphatic rings. The van der Waals surface area contributed by atoms with Crippen molar-refractivity contribution in [2.75, 3.05) is 5.73 Å². The third-order valence-corrected chi connectivity index (χ3v) is 2.36. The standard InChI is InChI=1S/C10H6ClN3O/c11-5-1-2-8-6(3-5)9(13)7(4-12)10(15)14-8/h1-3H,(H3,13,14,15). The number of nitrogen functional groups attached to an aromatic ring is 1. The van der Waals surface area contributed by atoms with Crippen LogP contribution in [0.1, 0.15) is 5.56 Å². The fraction of sp³-hybridized carbons (Fsp3) is 0. The zero-order valence-electron chi connectivity index (χ0n) is 7.54. The van der Waals surface area contributed by atoms with E-state index in [1.807, 2.05) is 0 Å². The molecule has 3 N–H and O–H groups in total. The highest BCUT2D eigenvalue weighted by Crippen LogP contribution is 2.23. The maximum absolute atomic E-state index is 11.4. The van der Waals surface area contributed by atoms with Crippen LogP contribution < -0.4 is 11.3 Å². The van der Waals surface area contributed by atoms with Crippen molar-refractivity contribution in [2.45, 2.75) is 0 Å². The van der Waals surface area contributed by atoms with Crippen LogP contribution >= 0.6 is 11.6 Å². The molecule has 74 valence electrons. The van der Waals surface area contributed by atoms with Crippen LogP contribution in [0, 0.1) is 11.3 Å². The Balaban J connectivity index is 3.00. The summed E-state index contributed by atoms with van der Waals surface area (Å²) in [4.78, 5) is 13.9. The fourth-order valence-corrected chi connectivity index (χ4v) is 1.57. The monoisotopic (exact) mass is 219 g/mol. The molecule has 0 bridgehead atoms. The summed E-state index contributed by atoms with van der Waals surface area (Å²) in [5.74, 6) is 0. The number of nitrogens with zero attached hydrogens (tertiary/aromatic N) is 1. The van der Waals surface area contributed by atoms with E-state index >= 15 is 0 Å². The van der Waals surface area contributed by atoms with Gasteiger partial charge in [0.05, 0.1) is 11.2 Å². The van der Waals surface area contributed by atoms with Gasteiger partial charge in [0, 0.05) is 10.4 Å². The Bertz CT molecular complexity index is 639. The van der Waals surface area contributed by atoms with Gasteiger partial charge in [-0.15, -0.1) is 0 Å². The van der Waals surface area contributed by atoms with Crippen molar-refractivity contribution in [1.29, 1.82) is 5.26 Å². The fourth-order valence-electron chi connectivity index (χ4n) is 1.40. The summed E-state index contributed by atoms with van der Waals surface area (Å²) in [5.41, 5.74) is 5.87. The molecular weight excluding hydrogens is 214 g/mol. The summed E-state index contributed by atoms with van der Waals surface area (Å²) in [6, 6.07) is 6.67. The number of anilines is 1. The van der Waals surface area contributed by atoms with Crippen molar-refractivity contribution < 1.29 is 0 Å². The average molecular weight is 220 g/mol. The van der Waals surface area contributed by atoms with Gasteiger partial charge in [-0.25, -0.2) is 0 Å². The van der Waals surface area contributed by atoms with E-state index in [2.05, 4.69) is 4.98 Å². The van der Waals surface area contributed by atoms with E-state index < -0.39 is 5.56 Å². The van der Waals surface area contributed by atoms with Gasteiger partial charge < -0.3 is 10.7 Å². The minimum Gasteiger partial charge on any atom is -0.397 e. The molecule has 0 aliphatic heterocycles.